The van der Waals surface area contributed by atoms with E-state index in [9.17, 15) is 0 Å². The van der Waals surface area contributed by atoms with Crippen molar-refractivity contribution in [2.24, 2.45) is 0 Å². The fraction of sp³-hybridized carbons (Fsp3) is 0.0870. The molecule has 0 unspecified atom stereocenters. The van der Waals surface area contributed by atoms with E-state index in [1.807, 2.05) is 0 Å². The minimum atomic E-state index is -0.432. The van der Waals surface area contributed by atoms with Crippen molar-refractivity contribution in [2.45, 2.75) is 24.7 Å². The second-order valence-electron chi connectivity index (χ2n) is 14.4. The zero-order chi connectivity index (χ0) is 32.5. The van der Waals surface area contributed by atoms with Crippen LogP contribution >= 0.6 is 0 Å². The first-order valence-corrected chi connectivity index (χ1v) is 17.3. The van der Waals surface area contributed by atoms with Gasteiger partial charge in [-0.15, -0.1) is 0 Å². The summed E-state index contributed by atoms with van der Waals surface area (Å²) >= 11 is 0. The van der Waals surface area contributed by atoms with Crippen LogP contribution in [0.1, 0.15) is 47.2 Å². The van der Waals surface area contributed by atoms with Crippen molar-refractivity contribution in [3.63, 3.8) is 0 Å². The minimum absolute atomic E-state index is 0.129. The number of nitrogens with zero attached hydrogens (tertiary/aromatic N) is 1. The highest BCUT2D eigenvalue weighted by Gasteiger charge is 2.52. The van der Waals surface area contributed by atoms with Crippen LogP contribution in [0.2, 0.25) is 0 Å². The van der Waals surface area contributed by atoms with Gasteiger partial charge in [-0.3, -0.25) is 0 Å². The number of benzene rings is 7. The van der Waals surface area contributed by atoms with Crippen molar-refractivity contribution in [1.82, 2.24) is 0 Å². The molecule has 0 N–H and O–H groups in total. The molecule has 230 valence electrons. The first-order chi connectivity index (χ1) is 24.1. The van der Waals surface area contributed by atoms with E-state index in [0.717, 1.165) is 17.2 Å². The van der Waals surface area contributed by atoms with Crippen molar-refractivity contribution in [2.75, 3.05) is 4.90 Å². The van der Waals surface area contributed by atoms with Crippen LogP contribution in [0.3, 0.4) is 0 Å². The summed E-state index contributed by atoms with van der Waals surface area (Å²) < 4.78 is 6.90. The summed E-state index contributed by atoms with van der Waals surface area (Å²) in [6.45, 7) is 4.88. The standard InChI is InChI=1S/C46H32BNO/c1-45(2)34-19-7-10-22-38(34)47-39-23-11-14-26-42(39)49-43-28-29(27-37(45)44(43)47)48-40-24-12-8-20-35(40)46(36-21-9-13-25-41(36)48)32-17-5-3-15-30(32)31-16-4-6-18-33(31)46/h3-28H,1-2H3. The Hall–Kier alpha value is -5.80. The second kappa shape index (κ2) is 9.42. The molecule has 2 nitrogen and oxygen atoms in total. The van der Waals surface area contributed by atoms with Gasteiger partial charge in [-0.05, 0) is 79.7 Å². The van der Waals surface area contributed by atoms with Crippen LogP contribution in [0.4, 0.5) is 17.1 Å². The van der Waals surface area contributed by atoms with E-state index in [1.165, 1.54) is 72.3 Å². The Morgan fingerprint density at radius 3 is 1.63 bits per heavy atom. The van der Waals surface area contributed by atoms with Gasteiger partial charge in [0.15, 0.2) is 0 Å². The molecule has 3 aliphatic heterocycles. The smallest absolute Gasteiger partial charge is 0.251 e. The fourth-order valence-electron chi connectivity index (χ4n) is 9.85. The summed E-state index contributed by atoms with van der Waals surface area (Å²) in [6, 6.07) is 58.5. The Labute approximate surface area is 287 Å². The molecule has 1 aliphatic carbocycles. The van der Waals surface area contributed by atoms with Gasteiger partial charge in [0.25, 0.3) is 6.71 Å². The molecule has 7 aromatic carbocycles. The number of rotatable bonds is 1. The highest BCUT2D eigenvalue weighted by molar-refractivity contribution is 6.98. The highest BCUT2D eigenvalue weighted by atomic mass is 16.5. The fourth-order valence-corrected chi connectivity index (χ4v) is 9.85. The van der Waals surface area contributed by atoms with Crippen molar-refractivity contribution >= 4 is 40.2 Å². The number of hydrogen-bond acceptors (Lipinski definition) is 2. The van der Waals surface area contributed by atoms with Crippen LogP contribution in [0, 0.1) is 0 Å². The molecule has 0 fully saturated rings. The third kappa shape index (κ3) is 3.28. The van der Waals surface area contributed by atoms with Crippen molar-refractivity contribution in [3.05, 3.63) is 191 Å². The molecule has 7 aromatic rings. The normalized spacial score (nSPS) is 16.0. The lowest BCUT2D eigenvalue weighted by atomic mass is 9.30. The monoisotopic (exact) mass is 625 g/mol. The second-order valence-corrected chi connectivity index (χ2v) is 14.4. The van der Waals surface area contributed by atoms with Crippen molar-refractivity contribution in [3.8, 4) is 22.6 Å². The van der Waals surface area contributed by atoms with Gasteiger partial charge in [-0.1, -0.05) is 147 Å². The third-order valence-electron chi connectivity index (χ3n) is 11.8. The maximum atomic E-state index is 6.90. The molecule has 0 atom stereocenters. The minimum Gasteiger partial charge on any atom is -0.458 e. The molecule has 3 heterocycles. The van der Waals surface area contributed by atoms with E-state index >= 15 is 0 Å². The summed E-state index contributed by atoms with van der Waals surface area (Å²) in [7, 11) is 0. The number of fused-ring (bicyclic) bond motifs is 13. The molecule has 0 saturated carbocycles. The van der Waals surface area contributed by atoms with E-state index in [1.54, 1.807) is 0 Å². The Morgan fingerprint density at radius 1 is 0.469 bits per heavy atom. The van der Waals surface area contributed by atoms with Crippen LogP contribution in [-0.4, -0.2) is 6.71 Å². The maximum absolute atomic E-state index is 6.90. The van der Waals surface area contributed by atoms with Crippen molar-refractivity contribution < 1.29 is 4.74 Å². The van der Waals surface area contributed by atoms with E-state index in [2.05, 4.69) is 176 Å². The molecule has 0 saturated heterocycles. The summed E-state index contributed by atoms with van der Waals surface area (Å²) in [5.74, 6) is 1.89. The van der Waals surface area contributed by atoms with Gasteiger partial charge in [0.1, 0.15) is 11.5 Å². The van der Waals surface area contributed by atoms with E-state index in [0.29, 0.717) is 0 Å². The maximum Gasteiger partial charge on any atom is 0.251 e. The van der Waals surface area contributed by atoms with Crippen LogP contribution in [-0.2, 0) is 10.8 Å². The summed E-state index contributed by atoms with van der Waals surface area (Å²) in [5.41, 5.74) is 17.4. The molecule has 49 heavy (non-hydrogen) atoms. The first kappa shape index (κ1) is 27.2. The van der Waals surface area contributed by atoms with Gasteiger partial charge < -0.3 is 9.64 Å². The van der Waals surface area contributed by atoms with E-state index < -0.39 is 5.41 Å². The first-order valence-electron chi connectivity index (χ1n) is 17.3. The van der Waals surface area contributed by atoms with E-state index in [4.69, 9.17) is 4.74 Å². The average Bonchev–Trinajstić information content (AvgIpc) is 3.44. The molecule has 0 radical (unpaired) electrons. The Morgan fingerprint density at radius 2 is 0.980 bits per heavy atom. The number of anilines is 3. The average molecular weight is 626 g/mol. The number of hydrogen-bond donors (Lipinski definition) is 0. The Kier molecular flexibility index (Phi) is 5.23. The zero-order valence-corrected chi connectivity index (χ0v) is 27.4. The molecule has 4 aliphatic rings. The molecule has 0 bridgehead atoms. The lowest BCUT2D eigenvalue weighted by Gasteiger charge is -2.46. The Balaban J connectivity index is 1.21. The third-order valence-corrected chi connectivity index (χ3v) is 11.8. The predicted molar refractivity (Wildman–Crippen MR) is 202 cm³/mol. The topological polar surface area (TPSA) is 12.5 Å². The van der Waals surface area contributed by atoms with Crippen LogP contribution in [0.5, 0.6) is 11.5 Å². The van der Waals surface area contributed by atoms with Gasteiger partial charge in [0.2, 0.25) is 0 Å². The molecule has 0 amide bonds. The molecule has 3 heteroatoms. The van der Waals surface area contributed by atoms with Gasteiger partial charge in [-0.25, -0.2) is 0 Å². The van der Waals surface area contributed by atoms with Crippen LogP contribution < -0.4 is 26.0 Å². The molecular formula is C46H32BNO. The highest BCUT2D eigenvalue weighted by Crippen LogP contribution is 2.63. The Bertz CT molecular complexity index is 2450. The number of ether oxygens (including phenoxy) is 1. The predicted octanol–water partition coefficient (Wildman–Crippen LogP) is 9.09. The summed E-state index contributed by atoms with van der Waals surface area (Å²) in [4.78, 5) is 2.49. The van der Waals surface area contributed by atoms with Gasteiger partial charge in [0, 0.05) is 11.5 Å². The van der Waals surface area contributed by atoms with Crippen LogP contribution in [0.25, 0.3) is 11.1 Å². The summed E-state index contributed by atoms with van der Waals surface area (Å²) in [6.07, 6.45) is 0. The lowest BCUT2D eigenvalue weighted by molar-refractivity contribution is 0.484. The lowest BCUT2D eigenvalue weighted by Crippen LogP contribution is -2.62. The van der Waals surface area contributed by atoms with Gasteiger partial charge in [-0.2, -0.15) is 0 Å². The van der Waals surface area contributed by atoms with E-state index in [-0.39, 0.29) is 12.1 Å². The SMILES string of the molecule is CC1(C)c2ccccc2B2c3ccccc3Oc3cc(N4c5ccccc5C5(c6ccccc6-c6ccccc65)c5ccccc54)cc1c32. The van der Waals surface area contributed by atoms with Crippen molar-refractivity contribution in [1.29, 1.82) is 0 Å². The van der Waals surface area contributed by atoms with Gasteiger partial charge in [0.05, 0.1) is 22.5 Å². The number of para-hydroxylation sites is 3. The van der Waals surface area contributed by atoms with Gasteiger partial charge >= 0.3 is 0 Å². The molecule has 11 rings (SSSR count). The molecule has 0 aromatic heterocycles. The van der Waals surface area contributed by atoms with Crippen LogP contribution in [0.15, 0.2) is 158 Å². The largest absolute Gasteiger partial charge is 0.458 e. The molecular weight excluding hydrogens is 593 g/mol. The zero-order valence-electron chi connectivity index (χ0n) is 27.4. The summed E-state index contributed by atoms with van der Waals surface area (Å²) in [5, 5.41) is 0. The quantitative estimate of drug-likeness (QED) is 0.169. The molecule has 1 spiro atoms.